The summed E-state index contributed by atoms with van der Waals surface area (Å²) in [5.41, 5.74) is 3.70. The quantitative estimate of drug-likeness (QED) is 0.863. The van der Waals surface area contributed by atoms with Crippen LogP contribution in [-0.2, 0) is 6.54 Å². The third-order valence-corrected chi connectivity index (χ3v) is 4.72. The lowest BCUT2D eigenvalue weighted by Gasteiger charge is -2.21. The first-order valence-electron chi connectivity index (χ1n) is 7.79. The molecule has 6 heteroatoms. The maximum atomic E-state index is 12.6. The Morgan fingerprint density at radius 2 is 2.04 bits per heavy atom. The summed E-state index contributed by atoms with van der Waals surface area (Å²) in [6.07, 6.45) is 0.992. The van der Waals surface area contributed by atoms with E-state index in [9.17, 15) is 4.79 Å². The van der Waals surface area contributed by atoms with Crippen LogP contribution in [-0.4, -0.2) is 54.0 Å². The number of aromatic nitrogens is 1. The molecular weight excluding hydrogens is 310 g/mol. The molecule has 1 aromatic heterocycles. The number of methoxy groups -OCH3 is 1. The molecule has 122 valence electrons. The lowest BCUT2D eigenvalue weighted by atomic mass is 10.2. The highest BCUT2D eigenvalue weighted by molar-refractivity contribution is 7.07. The number of nitrogens with zero attached hydrogens (tertiary/aromatic N) is 3. The van der Waals surface area contributed by atoms with E-state index in [-0.39, 0.29) is 5.91 Å². The number of hydrogen-bond acceptors (Lipinski definition) is 5. The van der Waals surface area contributed by atoms with E-state index in [0.29, 0.717) is 0 Å². The fraction of sp³-hybridized carbons (Fsp3) is 0.412. The van der Waals surface area contributed by atoms with Crippen molar-refractivity contribution in [2.24, 2.45) is 0 Å². The highest BCUT2D eigenvalue weighted by Crippen LogP contribution is 2.15. The van der Waals surface area contributed by atoms with Gasteiger partial charge in [-0.2, -0.15) is 0 Å². The van der Waals surface area contributed by atoms with E-state index in [1.807, 2.05) is 34.7 Å². The van der Waals surface area contributed by atoms with E-state index in [1.54, 1.807) is 18.4 Å². The highest BCUT2D eigenvalue weighted by Gasteiger charge is 2.20. The zero-order valence-corrected chi connectivity index (χ0v) is 14.1. The number of amides is 1. The van der Waals surface area contributed by atoms with Crippen molar-refractivity contribution in [1.29, 1.82) is 0 Å². The number of thiazole rings is 1. The SMILES string of the molecule is COc1ccc(C(=O)N2CCCN(Cc3cscn3)CC2)cc1. The van der Waals surface area contributed by atoms with Gasteiger partial charge in [0.15, 0.2) is 0 Å². The monoisotopic (exact) mass is 331 g/mol. The first kappa shape index (κ1) is 16.0. The van der Waals surface area contributed by atoms with Gasteiger partial charge < -0.3 is 9.64 Å². The molecule has 0 spiro atoms. The Balaban J connectivity index is 1.59. The average Bonchev–Trinajstić information content (AvgIpc) is 2.99. The summed E-state index contributed by atoms with van der Waals surface area (Å²) in [5.74, 6) is 0.870. The molecule has 2 heterocycles. The van der Waals surface area contributed by atoms with Gasteiger partial charge in [-0.1, -0.05) is 0 Å². The summed E-state index contributed by atoms with van der Waals surface area (Å²) in [6.45, 7) is 4.32. The molecule has 23 heavy (non-hydrogen) atoms. The number of carbonyl (C=O) groups is 1. The van der Waals surface area contributed by atoms with Crippen molar-refractivity contribution < 1.29 is 9.53 Å². The Morgan fingerprint density at radius 1 is 1.22 bits per heavy atom. The fourth-order valence-corrected chi connectivity index (χ4v) is 3.34. The van der Waals surface area contributed by atoms with Crippen LogP contribution >= 0.6 is 11.3 Å². The molecule has 1 amide bonds. The van der Waals surface area contributed by atoms with Crippen LogP contribution in [0.3, 0.4) is 0 Å². The maximum absolute atomic E-state index is 12.6. The van der Waals surface area contributed by atoms with Crippen molar-refractivity contribution in [3.63, 3.8) is 0 Å². The van der Waals surface area contributed by atoms with Gasteiger partial charge in [-0.25, -0.2) is 4.98 Å². The average molecular weight is 331 g/mol. The van der Waals surface area contributed by atoms with E-state index in [2.05, 4.69) is 15.3 Å². The number of ether oxygens (including phenoxy) is 1. The summed E-state index contributed by atoms with van der Waals surface area (Å²) in [5, 5.41) is 2.09. The van der Waals surface area contributed by atoms with E-state index in [0.717, 1.165) is 56.2 Å². The summed E-state index contributed by atoms with van der Waals surface area (Å²) in [7, 11) is 1.63. The van der Waals surface area contributed by atoms with Crippen molar-refractivity contribution in [2.75, 3.05) is 33.3 Å². The van der Waals surface area contributed by atoms with Gasteiger partial charge in [0.2, 0.25) is 0 Å². The Labute approximate surface area is 140 Å². The smallest absolute Gasteiger partial charge is 0.253 e. The second-order valence-electron chi connectivity index (χ2n) is 5.63. The van der Waals surface area contributed by atoms with E-state index < -0.39 is 0 Å². The molecule has 0 radical (unpaired) electrons. The molecule has 0 aliphatic carbocycles. The summed E-state index contributed by atoms with van der Waals surface area (Å²) in [4.78, 5) is 21.3. The Kier molecular flexibility index (Phi) is 5.25. The third kappa shape index (κ3) is 4.09. The maximum Gasteiger partial charge on any atom is 0.253 e. The van der Waals surface area contributed by atoms with Gasteiger partial charge in [0.1, 0.15) is 5.75 Å². The Morgan fingerprint density at radius 3 is 2.74 bits per heavy atom. The zero-order chi connectivity index (χ0) is 16.1. The standard InChI is InChI=1S/C17H21N3O2S/c1-22-16-5-3-14(4-6-16)17(21)20-8-2-7-19(9-10-20)11-15-12-23-13-18-15/h3-6,12-13H,2,7-11H2,1H3. The zero-order valence-electron chi connectivity index (χ0n) is 13.3. The number of rotatable bonds is 4. The minimum Gasteiger partial charge on any atom is -0.497 e. The van der Waals surface area contributed by atoms with E-state index >= 15 is 0 Å². The molecule has 0 saturated carbocycles. The normalized spacial score (nSPS) is 16.1. The van der Waals surface area contributed by atoms with Crippen LogP contribution < -0.4 is 4.74 Å². The van der Waals surface area contributed by atoms with Crippen LogP contribution in [0.15, 0.2) is 35.2 Å². The molecule has 2 aromatic rings. The second-order valence-corrected chi connectivity index (χ2v) is 6.35. The first-order valence-corrected chi connectivity index (χ1v) is 8.73. The molecule has 0 bridgehead atoms. The highest BCUT2D eigenvalue weighted by atomic mass is 32.1. The van der Waals surface area contributed by atoms with Crippen molar-refractivity contribution in [2.45, 2.75) is 13.0 Å². The van der Waals surface area contributed by atoms with Gasteiger partial charge in [-0.05, 0) is 30.7 Å². The number of benzene rings is 1. The third-order valence-electron chi connectivity index (χ3n) is 4.08. The molecule has 0 N–H and O–H groups in total. The lowest BCUT2D eigenvalue weighted by Crippen LogP contribution is -2.35. The van der Waals surface area contributed by atoms with Crippen LogP contribution in [0.1, 0.15) is 22.5 Å². The molecule has 1 aromatic carbocycles. The molecule has 5 nitrogen and oxygen atoms in total. The molecule has 3 rings (SSSR count). The van der Waals surface area contributed by atoms with Crippen LogP contribution in [0.2, 0.25) is 0 Å². The lowest BCUT2D eigenvalue weighted by molar-refractivity contribution is 0.0761. The van der Waals surface area contributed by atoms with Gasteiger partial charge in [0, 0.05) is 43.7 Å². The van der Waals surface area contributed by atoms with Crippen LogP contribution in [0.4, 0.5) is 0 Å². The second kappa shape index (κ2) is 7.57. The minimum atomic E-state index is 0.100. The molecule has 0 unspecified atom stereocenters. The van der Waals surface area contributed by atoms with Gasteiger partial charge >= 0.3 is 0 Å². The molecule has 1 aliphatic rings. The number of hydrogen-bond donors (Lipinski definition) is 0. The topological polar surface area (TPSA) is 45.7 Å². The summed E-state index contributed by atoms with van der Waals surface area (Å²) < 4.78 is 5.14. The van der Waals surface area contributed by atoms with Gasteiger partial charge in [0.05, 0.1) is 18.3 Å². The largest absolute Gasteiger partial charge is 0.497 e. The van der Waals surface area contributed by atoms with Crippen molar-refractivity contribution in [1.82, 2.24) is 14.8 Å². The van der Waals surface area contributed by atoms with Crippen LogP contribution in [0, 0.1) is 0 Å². The van der Waals surface area contributed by atoms with Crippen molar-refractivity contribution in [3.05, 3.63) is 46.4 Å². The molecule has 1 fully saturated rings. The van der Waals surface area contributed by atoms with Gasteiger partial charge in [0.25, 0.3) is 5.91 Å². The summed E-state index contributed by atoms with van der Waals surface area (Å²) in [6, 6.07) is 7.33. The molecule has 0 atom stereocenters. The number of carbonyl (C=O) groups excluding carboxylic acids is 1. The molecular formula is C17H21N3O2S. The predicted molar refractivity (Wildman–Crippen MR) is 90.9 cm³/mol. The van der Waals surface area contributed by atoms with Crippen molar-refractivity contribution in [3.8, 4) is 5.75 Å². The van der Waals surface area contributed by atoms with E-state index in [4.69, 9.17) is 4.74 Å². The summed E-state index contributed by atoms with van der Waals surface area (Å²) >= 11 is 1.63. The fourth-order valence-electron chi connectivity index (χ4n) is 2.79. The van der Waals surface area contributed by atoms with Crippen LogP contribution in [0.25, 0.3) is 0 Å². The molecule has 1 aliphatic heterocycles. The van der Waals surface area contributed by atoms with Crippen molar-refractivity contribution >= 4 is 17.2 Å². The van der Waals surface area contributed by atoms with E-state index in [1.165, 1.54) is 0 Å². The Bertz CT molecular complexity index is 628. The predicted octanol–water partition coefficient (Wildman–Crippen LogP) is 2.50. The Hall–Kier alpha value is -1.92. The first-order chi connectivity index (χ1) is 11.3. The molecule has 1 saturated heterocycles. The van der Waals surface area contributed by atoms with Gasteiger partial charge in [-0.15, -0.1) is 11.3 Å². The van der Waals surface area contributed by atoms with Crippen LogP contribution in [0.5, 0.6) is 5.75 Å². The van der Waals surface area contributed by atoms with Gasteiger partial charge in [-0.3, -0.25) is 9.69 Å². The minimum absolute atomic E-state index is 0.100.